The van der Waals surface area contributed by atoms with Gasteiger partial charge in [-0.15, -0.1) is 0 Å². The van der Waals surface area contributed by atoms with Crippen LogP contribution in [0.15, 0.2) is 24.3 Å². The molecule has 0 saturated carbocycles. The Balaban J connectivity index is 1.99. The van der Waals surface area contributed by atoms with Gasteiger partial charge in [0.2, 0.25) is 0 Å². The van der Waals surface area contributed by atoms with Gasteiger partial charge in [-0.05, 0) is 18.6 Å². The Hall–Kier alpha value is -0.220. The van der Waals surface area contributed by atoms with Gasteiger partial charge in [-0.1, -0.05) is 29.8 Å². The van der Waals surface area contributed by atoms with Crippen molar-refractivity contribution in [2.45, 2.75) is 12.7 Å². The highest BCUT2D eigenvalue weighted by Gasteiger charge is 1.98. The van der Waals surface area contributed by atoms with Crippen LogP contribution in [-0.2, 0) is 10.5 Å². The highest BCUT2D eigenvalue weighted by atomic mass is 35.5. The molecule has 0 saturated heterocycles. The van der Waals surface area contributed by atoms with E-state index in [1.165, 1.54) is 5.56 Å². The fourth-order valence-electron chi connectivity index (χ4n) is 1.36. The molecule has 0 fully saturated rings. The van der Waals surface area contributed by atoms with E-state index in [9.17, 15) is 0 Å². The van der Waals surface area contributed by atoms with Crippen LogP contribution in [0.1, 0.15) is 12.5 Å². The molecule has 0 aliphatic rings. The first-order valence-corrected chi connectivity index (χ1v) is 7.47. The van der Waals surface area contributed by atoms with Gasteiger partial charge in [0.1, 0.15) is 0 Å². The van der Waals surface area contributed by atoms with Crippen molar-refractivity contribution in [2.24, 2.45) is 0 Å². The lowest BCUT2D eigenvalue weighted by atomic mass is 10.2. The maximum Gasteiger partial charge on any atom is 0.0590 e. The molecular weight excluding hydrogens is 254 g/mol. The first-order valence-electron chi connectivity index (χ1n) is 5.94. The van der Waals surface area contributed by atoms with Crippen LogP contribution >= 0.6 is 23.4 Å². The van der Waals surface area contributed by atoms with Crippen LogP contribution in [0.3, 0.4) is 0 Å². The van der Waals surface area contributed by atoms with E-state index in [4.69, 9.17) is 16.3 Å². The second-order valence-corrected chi connectivity index (χ2v) is 5.10. The Morgan fingerprint density at radius 1 is 1.29 bits per heavy atom. The lowest BCUT2D eigenvalue weighted by molar-refractivity contribution is 0.150. The molecule has 0 bridgehead atoms. The Morgan fingerprint density at radius 2 is 2.12 bits per heavy atom. The maximum absolute atomic E-state index is 6.08. The number of halogens is 1. The summed E-state index contributed by atoms with van der Waals surface area (Å²) in [5, 5.41) is 4.21. The fraction of sp³-hybridized carbons (Fsp3) is 0.538. The predicted octanol–water partition coefficient (Wildman–Crippen LogP) is 3.20. The number of ether oxygens (including phenoxy) is 1. The summed E-state index contributed by atoms with van der Waals surface area (Å²) in [5.74, 6) is 2.07. The third-order valence-electron chi connectivity index (χ3n) is 2.27. The molecule has 0 heterocycles. The van der Waals surface area contributed by atoms with Crippen molar-refractivity contribution in [3.63, 3.8) is 0 Å². The highest BCUT2D eigenvalue weighted by Crippen LogP contribution is 2.20. The Bertz CT molecular complexity index is 309. The average molecular weight is 274 g/mol. The third kappa shape index (κ3) is 6.94. The van der Waals surface area contributed by atoms with E-state index in [1.54, 1.807) is 0 Å². The molecule has 0 aromatic heterocycles. The second-order valence-electron chi connectivity index (χ2n) is 3.59. The minimum atomic E-state index is 0.795. The van der Waals surface area contributed by atoms with E-state index in [2.05, 4.69) is 11.4 Å². The van der Waals surface area contributed by atoms with Crippen LogP contribution in [0, 0.1) is 0 Å². The normalized spacial score (nSPS) is 10.7. The molecule has 4 heteroatoms. The summed E-state index contributed by atoms with van der Waals surface area (Å²) >= 11 is 7.97. The zero-order chi connectivity index (χ0) is 12.3. The van der Waals surface area contributed by atoms with Crippen LogP contribution in [0.25, 0.3) is 0 Å². The zero-order valence-electron chi connectivity index (χ0n) is 10.2. The largest absolute Gasteiger partial charge is 0.380 e. The van der Waals surface area contributed by atoms with E-state index in [1.807, 2.05) is 36.9 Å². The number of hydrogen-bond donors (Lipinski definition) is 1. The Labute approximate surface area is 113 Å². The zero-order valence-corrected chi connectivity index (χ0v) is 11.8. The number of rotatable bonds is 9. The van der Waals surface area contributed by atoms with Gasteiger partial charge in [0.05, 0.1) is 6.61 Å². The molecule has 1 N–H and O–H groups in total. The molecule has 2 nitrogen and oxygen atoms in total. The van der Waals surface area contributed by atoms with Gasteiger partial charge in [0, 0.05) is 36.2 Å². The van der Waals surface area contributed by atoms with Crippen molar-refractivity contribution < 1.29 is 4.74 Å². The minimum absolute atomic E-state index is 0.795. The van der Waals surface area contributed by atoms with Gasteiger partial charge in [-0.2, -0.15) is 11.8 Å². The molecule has 96 valence electrons. The molecule has 0 unspecified atom stereocenters. The topological polar surface area (TPSA) is 21.3 Å². The van der Waals surface area contributed by atoms with Crippen LogP contribution < -0.4 is 5.32 Å². The molecular formula is C13H20ClNOS. The monoisotopic (exact) mass is 273 g/mol. The van der Waals surface area contributed by atoms with Crippen molar-refractivity contribution in [2.75, 3.05) is 32.1 Å². The first-order chi connectivity index (χ1) is 8.34. The van der Waals surface area contributed by atoms with Crippen molar-refractivity contribution in [3.8, 4) is 0 Å². The summed E-state index contributed by atoms with van der Waals surface area (Å²) in [6, 6.07) is 8.02. The highest BCUT2D eigenvalue weighted by molar-refractivity contribution is 7.98. The van der Waals surface area contributed by atoms with Crippen LogP contribution in [0.2, 0.25) is 5.02 Å². The van der Waals surface area contributed by atoms with Gasteiger partial charge in [0.15, 0.2) is 0 Å². The Morgan fingerprint density at radius 3 is 2.88 bits per heavy atom. The molecule has 17 heavy (non-hydrogen) atoms. The van der Waals surface area contributed by atoms with Crippen LogP contribution in [0.5, 0.6) is 0 Å². The van der Waals surface area contributed by atoms with E-state index in [-0.39, 0.29) is 0 Å². The number of nitrogens with one attached hydrogen (secondary N) is 1. The van der Waals surface area contributed by atoms with Crippen molar-refractivity contribution in [1.82, 2.24) is 5.32 Å². The summed E-state index contributed by atoms with van der Waals surface area (Å²) < 4.78 is 5.24. The standard InChI is InChI=1S/C13H20ClNOS/c1-2-16-9-7-15-8-10-17-11-12-5-3-4-6-13(12)14/h3-6,15H,2,7-11H2,1H3. The van der Waals surface area contributed by atoms with E-state index < -0.39 is 0 Å². The smallest absolute Gasteiger partial charge is 0.0590 e. The molecule has 0 amide bonds. The molecule has 0 atom stereocenters. The van der Waals surface area contributed by atoms with Gasteiger partial charge in [0.25, 0.3) is 0 Å². The van der Waals surface area contributed by atoms with Crippen molar-refractivity contribution in [3.05, 3.63) is 34.9 Å². The van der Waals surface area contributed by atoms with E-state index >= 15 is 0 Å². The third-order valence-corrected chi connectivity index (χ3v) is 3.64. The van der Waals surface area contributed by atoms with Gasteiger partial charge >= 0.3 is 0 Å². The van der Waals surface area contributed by atoms with Gasteiger partial charge < -0.3 is 10.1 Å². The lowest BCUT2D eigenvalue weighted by Gasteiger charge is -2.06. The van der Waals surface area contributed by atoms with E-state index in [0.717, 1.165) is 42.8 Å². The number of hydrogen-bond acceptors (Lipinski definition) is 3. The van der Waals surface area contributed by atoms with Gasteiger partial charge in [-0.3, -0.25) is 0 Å². The maximum atomic E-state index is 6.08. The Kier molecular flexibility index (Phi) is 8.53. The SMILES string of the molecule is CCOCCNCCSCc1ccccc1Cl. The molecule has 0 aliphatic heterocycles. The summed E-state index contributed by atoms with van der Waals surface area (Å²) in [7, 11) is 0. The summed E-state index contributed by atoms with van der Waals surface area (Å²) in [5.41, 5.74) is 1.22. The van der Waals surface area contributed by atoms with Crippen molar-refractivity contribution >= 4 is 23.4 Å². The molecule has 0 radical (unpaired) electrons. The molecule has 1 aromatic rings. The molecule has 1 rings (SSSR count). The number of benzene rings is 1. The summed E-state index contributed by atoms with van der Waals surface area (Å²) in [6.45, 7) is 5.55. The lowest BCUT2D eigenvalue weighted by Crippen LogP contribution is -2.22. The molecule has 1 aromatic carbocycles. The summed E-state index contributed by atoms with van der Waals surface area (Å²) in [4.78, 5) is 0. The molecule has 0 aliphatic carbocycles. The van der Waals surface area contributed by atoms with Crippen molar-refractivity contribution in [1.29, 1.82) is 0 Å². The fourth-order valence-corrected chi connectivity index (χ4v) is 2.54. The van der Waals surface area contributed by atoms with Crippen LogP contribution in [0.4, 0.5) is 0 Å². The van der Waals surface area contributed by atoms with E-state index in [0.29, 0.717) is 0 Å². The van der Waals surface area contributed by atoms with Crippen LogP contribution in [-0.4, -0.2) is 32.1 Å². The second kappa shape index (κ2) is 9.77. The predicted molar refractivity (Wildman–Crippen MR) is 77.0 cm³/mol. The molecule has 0 spiro atoms. The first kappa shape index (κ1) is 14.8. The van der Waals surface area contributed by atoms with Gasteiger partial charge in [-0.25, -0.2) is 0 Å². The average Bonchev–Trinajstić information content (AvgIpc) is 2.35. The minimum Gasteiger partial charge on any atom is -0.380 e. The quantitative estimate of drug-likeness (QED) is 0.698. The summed E-state index contributed by atoms with van der Waals surface area (Å²) in [6.07, 6.45) is 0. The number of thioether (sulfide) groups is 1.